The third-order valence-electron chi connectivity index (χ3n) is 0.965. The summed E-state index contributed by atoms with van der Waals surface area (Å²) < 4.78 is 0.676. The van der Waals surface area contributed by atoms with Crippen LogP contribution in [0.15, 0.2) is 27.6 Å². The van der Waals surface area contributed by atoms with Crippen LogP contribution in [-0.4, -0.2) is 5.11 Å². The summed E-state index contributed by atoms with van der Waals surface area (Å²) in [6.07, 6.45) is 0. The minimum atomic E-state index is 0.195. The second-order valence-electron chi connectivity index (χ2n) is 1.61. The maximum Gasteiger partial charge on any atom is 0.143 e. The number of para-hydroxylation sites is 1. The largest absolute Gasteiger partial charge is 0.506 e. The predicted octanol–water partition coefficient (Wildman–Crippen LogP) is 2.44. The van der Waals surface area contributed by atoms with E-state index in [0.717, 1.165) is 0 Å². The summed E-state index contributed by atoms with van der Waals surface area (Å²) in [5.74, 6) is 0.195. The first kappa shape index (κ1) is 6.96. The molecule has 0 aliphatic heterocycles. The van der Waals surface area contributed by atoms with Gasteiger partial charge in [-0.25, -0.2) is 0 Å². The fourth-order valence-corrected chi connectivity index (χ4v) is 1.23. The zero-order chi connectivity index (χ0) is 6.85. The first-order valence-electron chi connectivity index (χ1n) is 2.38. The molecule has 0 unspecified atom stereocenters. The van der Waals surface area contributed by atoms with E-state index in [1.165, 1.54) is 0 Å². The molecule has 0 saturated carbocycles. The number of phenols is 1. The van der Waals surface area contributed by atoms with Crippen LogP contribution < -0.4 is 0 Å². The Morgan fingerprint density at radius 1 is 1.44 bits per heavy atom. The van der Waals surface area contributed by atoms with Crippen molar-refractivity contribution in [1.29, 1.82) is 0 Å². The molecule has 0 heterocycles. The Hall–Kier alpha value is -0.150. The molecule has 1 nitrogen and oxygen atoms in total. The molecule has 0 aliphatic rings. The summed E-state index contributed by atoms with van der Waals surface area (Å²) in [5.41, 5.74) is 0. The summed E-state index contributed by atoms with van der Waals surface area (Å²) in [7, 11) is 0. The number of thiol groups is 1. The second kappa shape index (κ2) is 2.62. The van der Waals surface area contributed by atoms with Gasteiger partial charge in [0, 0.05) is 4.90 Å². The molecule has 0 bridgehead atoms. The van der Waals surface area contributed by atoms with Gasteiger partial charge in [-0.1, -0.05) is 6.07 Å². The van der Waals surface area contributed by atoms with Gasteiger partial charge >= 0.3 is 0 Å². The maximum absolute atomic E-state index is 9.08. The van der Waals surface area contributed by atoms with Crippen molar-refractivity contribution in [2.45, 2.75) is 4.90 Å². The lowest BCUT2D eigenvalue weighted by molar-refractivity contribution is 0.459. The molecule has 3 heteroatoms. The molecule has 0 aliphatic carbocycles. The van der Waals surface area contributed by atoms with E-state index in [4.69, 9.17) is 5.11 Å². The van der Waals surface area contributed by atoms with Crippen molar-refractivity contribution in [3.63, 3.8) is 0 Å². The van der Waals surface area contributed by atoms with Gasteiger partial charge in [0.25, 0.3) is 0 Å². The third kappa shape index (κ3) is 1.40. The second-order valence-corrected chi connectivity index (χ2v) is 2.94. The van der Waals surface area contributed by atoms with Crippen molar-refractivity contribution >= 4 is 28.6 Å². The molecule has 1 aromatic carbocycles. The first-order valence-corrected chi connectivity index (χ1v) is 3.62. The van der Waals surface area contributed by atoms with Gasteiger partial charge in [-0.15, -0.1) is 12.6 Å². The minimum absolute atomic E-state index is 0.195. The van der Waals surface area contributed by atoms with E-state index in [1.807, 2.05) is 6.07 Å². The topological polar surface area (TPSA) is 20.2 Å². The number of rotatable bonds is 0. The number of aromatic hydroxyl groups is 1. The van der Waals surface area contributed by atoms with E-state index in [-0.39, 0.29) is 5.75 Å². The van der Waals surface area contributed by atoms with Crippen LogP contribution in [0.1, 0.15) is 0 Å². The predicted molar refractivity (Wildman–Crippen MR) is 43.1 cm³/mol. The van der Waals surface area contributed by atoms with Crippen LogP contribution >= 0.6 is 28.6 Å². The fourth-order valence-electron chi connectivity index (χ4n) is 0.504. The number of benzene rings is 1. The standard InChI is InChI=1S/C6H5BrOS/c7-4-2-1-3-5(9)6(4)8/h1-3,8-9H. The fraction of sp³-hybridized carbons (Fsp3) is 0. The highest BCUT2D eigenvalue weighted by Crippen LogP contribution is 2.29. The molecule has 0 atom stereocenters. The van der Waals surface area contributed by atoms with Crippen LogP contribution in [0.3, 0.4) is 0 Å². The molecular weight excluding hydrogens is 200 g/mol. The lowest BCUT2D eigenvalue weighted by atomic mass is 10.3. The van der Waals surface area contributed by atoms with Crippen molar-refractivity contribution in [3.05, 3.63) is 22.7 Å². The van der Waals surface area contributed by atoms with Crippen LogP contribution in [-0.2, 0) is 0 Å². The van der Waals surface area contributed by atoms with E-state index >= 15 is 0 Å². The smallest absolute Gasteiger partial charge is 0.143 e. The Kier molecular flexibility index (Phi) is 2.03. The molecule has 1 aromatic rings. The summed E-state index contributed by atoms with van der Waals surface area (Å²) in [6, 6.07) is 5.30. The van der Waals surface area contributed by atoms with Gasteiger partial charge < -0.3 is 5.11 Å². The van der Waals surface area contributed by atoms with E-state index < -0.39 is 0 Å². The third-order valence-corrected chi connectivity index (χ3v) is 1.97. The summed E-state index contributed by atoms with van der Waals surface area (Å²) >= 11 is 7.13. The van der Waals surface area contributed by atoms with Crippen molar-refractivity contribution in [1.82, 2.24) is 0 Å². The Morgan fingerprint density at radius 3 is 2.56 bits per heavy atom. The van der Waals surface area contributed by atoms with Crippen LogP contribution in [0.2, 0.25) is 0 Å². The van der Waals surface area contributed by atoms with Gasteiger partial charge in [-0.05, 0) is 28.1 Å². The lowest BCUT2D eigenvalue weighted by Gasteiger charge is -1.96. The number of hydrogen-bond acceptors (Lipinski definition) is 2. The van der Waals surface area contributed by atoms with E-state index in [1.54, 1.807) is 12.1 Å². The van der Waals surface area contributed by atoms with E-state index in [2.05, 4.69) is 28.6 Å². The quantitative estimate of drug-likeness (QED) is 0.623. The summed E-state index contributed by atoms with van der Waals surface area (Å²) in [5, 5.41) is 9.08. The normalized spacial score (nSPS) is 9.56. The van der Waals surface area contributed by atoms with Crippen molar-refractivity contribution in [3.8, 4) is 5.75 Å². The van der Waals surface area contributed by atoms with Gasteiger partial charge in [0.1, 0.15) is 5.75 Å². The molecule has 0 aromatic heterocycles. The first-order chi connectivity index (χ1) is 4.22. The van der Waals surface area contributed by atoms with Crippen LogP contribution in [0, 0.1) is 0 Å². The molecule has 9 heavy (non-hydrogen) atoms. The molecule has 0 radical (unpaired) electrons. The Labute approximate surface area is 67.2 Å². The SMILES string of the molecule is Oc1c(S)cccc1Br. The summed E-state index contributed by atoms with van der Waals surface area (Å²) in [6.45, 7) is 0. The van der Waals surface area contributed by atoms with Crippen LogP contribution in [0.4, 0.5) is 0 Å². The lowest BCUT2D eigenvalue weighted by Crippen LogP contribution is -1.69. The zero-order valence-electron chi connectivity index (χ0n) is 4.50. The molecule has 1 rings (SSSR count). The number of halogens is 1. The Bertz CT molecular complexity index is 204. The molecule has 1 N–H and O–H groups in total. The Balaban J connectivity index is 3.25. The van der Waals surface area contributed by atoms with Gasteiger partial charge in [0.2, 0.25) is 0 Å². The van der Waals surface area contributed by atoms with Gasteiger partial charge in [-0.2, -0.15) is 0 Å². The molecule has 0 spiro atoms. The number of phenolic OH excluding ortho intramolecular Hbond substituents is 1. The number of hydrogen-bond donors (Lipinski definition) is 2. The molecular formula is C6H5BrOS. The zero-order valence-corrected chi connectivity index (χ0v) is 6.98. The minimum Gasteiger partial charge on any atom is -0.506 e. The highest BCUT2D eigenvalue weighted by Gasteiger charge is 1.97. The van der Waals surface area contributed by atoms with E-state index in [9.17, 15) is 0 Å². The van der Waals surface area contributed by atoms with Crippen LogP contribution in [0.25, 0.3) is 0 Å². The molecule has 48 valence electrons. The monoisotopic (exact) mass is 204 g/mol. The van der Waals surface area contributed by atoms with Crippen molar-refractivity contribution < 1.29 is 5.11 Å². The average Bonchev–Trinajstić information content (AvgIpc) is 1.83. The van der Waals surface area contributed by atoms with E-state index in [0.29, 0.717) is 9.37 Å². The van der Waals surface area contributed by atoms with Gasteiger partial charge in [-0.3, -0.25) is 0 Å². The highest BCUT2D eigenvalue weighted by molar-refractivity contribution is 9.10. The van der Waals surface area contributed by atoms with Gasteiger partial charge in [0.05, 0.1) is 4.47 Å². The van der Waals surface area contributed by atoms with Crippen LogP contribution in [0.5, 0.6) is 5.75 Å². The molecule has 0 amide bonds. The highest BCUT2D eigenvalue weighted by atomic mass is 79.9. The Morgan fingerprint density at radius 2 is 2.11 bits per heavy atom. The molecule has 0 saturated heterocycles. The maximum atomic E-state index is 9.08. The van der Waals surface area contributed by atoms with Crippen molar-refractivity contribution in [2.75, 3.05) is 0 Å². The average molecular weight is 205 g/mol. The molecule has 0 fully saturated rings. The van der Waals surface area contributed by atoms with Gasteiger partial charge in [0.15, 0.2) is 0 Å². The summed E-state index contributed by atoms with van der Waals surface area (Å²) in [4.78, 5) is 0.587. The van der Waals surface area contributed by atoms with Crippen molar-refractivity contribution in [2.24, 2.45) is 0 Å².